The average molecular weight is 294 g/mol. The Kier molecular flexibility index (Phi) is 3.57. The molecule has 0 aliphatic heterocycles. The molecule has 2 aliphatic carbocycles. The fraction of sp³-hybridized carbons (Fsp3) is 0.474. The fourth-order valence-corrected chi connectivity index (χ4v) is 3.86. The third-order valence-electron chi connectivity index (χ3n) is 5.17. The molecular formula is C19H22N2O. The topological polar surface area (TPSA) is 34.9 Å². The standard InChI is InChI=1S/C19H22N2O/c22-19-9-8-15-6-7-16(10-18(15)19)17-11-20-21(13-17)12-14-4-2-1-3-5-14/h6-7,10-11,13-14H,1-5,8-9,12H2. The summed E-state index contributed by atoms with van der Waals surface area (Å²) >= 11 is 0. The van der Waals surface area contributed by atoms with Gasteiger partial charge in [0.05, 0.1) is 6.20 Å². The maximum absolute atomic E-state index is 11.9. The lowest BCUT2D eigenvalue weighted by molar-refractivity contribution is 0.0994. The number of hydrogen-bond acceptors (Lipinski definition) is 2. The van der Waals surface area contributed by atoms with Crippen LogP contribution in [0.2, 0.25) is 0 Å². The molecular weight excluding hydrogens is 272 g/mol. The minimum Gasteiger partial charge on any atom is -0.294 e. The average Bonchev–Trinajstić information content (AvgIpc) is 3.16. The van der Waals surface area contributed by atoms with Gasteiger partial charge in [0.25, 0.3) is 0 Å². The van der Waals surface area contributed by atoms with Crippen LogP contribution >= 0.6 is 0 Å². The molecule has 22 heavy (non-hydrogen) atoms. The minimum atomic E-state index is 0.284. The smallest absolute Gasteiger partial charge is 0.163 e. The van der Waals surface area contributed by atoms with Crippen molar-refractivity contribution in [2.45, 2.75) is 51.5 Å². The number of fused-ring (bicyclic) bond motifs is 1. The van der Waals surface area contributed by atoms with Gasteiger partial charge in [-0.1, -0.05) is 31.4 Å². The van der Waals surface area contributed by atoms with E-state index in [1.54, 1.807) is 0 Å². The lowest BCUT2D eigenvalue weighted by Crippen LogP contribution is -2.14. The third-order valence-corrected chi connectivity index (χ3v) is 5.17. The number of carbonyl (C=O) groups excluding carboxylic acids is 1. The normalized spacial score (nSPS) is 18.6. The van der Waals surface area contributed by atoms with Gasteiger partial charge in [0.1, 0.15) is 0 Å². The van der Waals surface area contributed by atoms with E-state index in [4.69, 9.17) is 0 Å². The molecule has 0 amide bonds. The van der Waals surface area contributed by atoms with Gasteiger partial charge in [0.15, 0.2) is 5.78 Å². The van der Waals surface area contributed by atoms with Crippen LogP contribution in [0.1, 0.15) is 54.4 Å². The minimum absolute atomic E-state index is 0.284. The molecule has 4 rings (SSSR count). The maximum Gasteiger partial charge on any atom is 0.163 e. The van der Waals surface area contributed by atoms with Gasteiger partial charge in [0.2, 0.25) is 0 Å². The highest BCUT2D eigenvalue weighted by Crippen LogP contribution is 2.29. The highest BCUT2D eigenvalue weighted by Gasteiger charge is 2.20. The van der Waals surface area contributed by atoms with E-state index in [-0.39, 0.29) is 5.78 Å². The molecule has 1 aromatic carbocycles. The fourth-order valence-electron chi connectivity index (χ4n) is 3.86. The van der Waals surface area contributed by atoms with E-state index >= 15 is 0 Å². The molecule has 2 aliphatic rings. The van der Waals surface area contributed by atoms with Crippen molar-refractivity contribution in [2.24, 2.45) is 5.92 Å². The van der Waals surface area contributed by atoms with Crippen LogP contribution in [0.5, 0.6) is 0 Å². The van der Waals surface area contributed by atoms with Crippen LogP contribution in [-0.2, 0) is 13.0 Å². The van der Waals surface area contributed by atoms with E-state index in [0.29, 0.717) is 6.42 Å². The van der Waals surface area contributed by atoms with Crippen molar-refractivity contribution in [3.8, 4) is 11.1 Å². The van der Waals surface area contributed by atoms with E-state index in [1.165, 1.54) is 37.7 Å². The molecule has 0 N–H and O–H groups in total. The number of carbonyl (C=O) groups is 1. The molecule has 3 nitrogen and oxygen atoms in total. The quantitative estimate of drug-likeness (QED) is 0.847. The Hall–Kier alpha value is -1.90. The first-order valence-corrected chi connectivity index (χ1v) is 8.48. The number of nitrogens with zero attached hydrogens (tertiary/aromatic N) is 2. The summed E-state index contributed by atoms with van der Waals surface area (Å²) in [5, 5.41) is 4.53. The predicted octanol–water partition coefficient (Wildman–Crippen LogP) is 4.26. The molecule has 2 aromatic rings. The van der Waals surface area contributed by atoms with Crippen molar-refractivity contribution in [2.75, 3.05) is 0 Å². The predicted molar refractivity (Wildman–Crippen MR) is 86.9 cm³/mol. The molecule has 0 saturated heterocycles. The summed E-state index contributed by atoms with van der Waals surface area (Å²) in [4.78, 5) is 11.9. The second-order valence-electron chi connectivity index (χ2n) is 6.75. The molecule has 0 spiro atoms. The van der Waals surface area contributed by atoms with Crippen LogP contribution in [0.4, 0.5) is 0 Å². The Balaban J connectivity index is 1.54. The van der Waals surface area contributed by atoms with Gasteiger partial charge in [-0.3, -0.25) is 9.48 Å². The van der Waals surface area contributed by atoms with Crippen LogP contribution < -0.4 is 0 Å². The van der Waals surface area contributed by atoms with E-state index in [9.17, 15) is 4.79 Å². The molecule has 0 atom stereocenters. The van der Waals surface area contributed by atoms with Gasteiger partial charge in [-0.2, -0.15) is 5.10 Å². The first-order valence-electron chi connectivity index (χ1n) is 8.48. The van der Waals surface area contributed by atoms with Crippen LogP contribution in [0.15, 0.2) is 30.6 Å². The van der Waals surface area contributed by atoms with Crippen LogP contribution in [0.3, 0.4) is 0 Å². The van der Waals surface area contributed by atoms with Crippen LogP contribution in [0, 0.1) is 5.92 Å². The number of benzene rings is 1. The van der Waals surface area contributed by atoms with Crippen molar-refractivity contribution < 1.29 is 4.79 Å². The van der Waals surface area contributed by atoms with Crippen LogP contribution in [0.25, 0.3) is 11.1 Å². The molecule has 1 aromatic heterocycles. The van der Waals surface area contributed by atoms with Gasteiger partial charge in [0, 0.05) is 30.3 Å². The summed E-state index contributed by atoms with van der Waals surface area (Å²) in [6.07, 6.45) is 12.4. The summed E-state index contributed by atoms with van der Waals surface area (Å²) in [5.41, 5.74) is 4.35. The third kappa shape index (κ3) is 2.60. The number of Topliss-reactive ketones (excluding diaryl/α,β-unsaturated/α-hetero) is 1. The zero-order valence-electron chi connectivity index (χ0n) is 12.9. The van der Waals surface area contributed by atoms with Gasteiger partial charge in [-0.25, -0.2) is 0 Å². The summed E-state index contributed by atoms with van der Waals surface area (Å²) in [7, 11) is 0. The molecule has 0 bridgehead atoms. The summed E-state index contributed by atoms with van der Waals surface area (Å²) < 4.78 is 2.08. The molecule has 1 heterocycles. The SMILES string of the molecule is O=C1CCc2ccc(-c3cnn(CC4CCCCC4)c3)cc21. The Morgan fingerprint density at radius 2 is 1.95 bits per heavy atom. The zero-order valence-corrected chi connectivity index (χ0v) is 12.9. The molecule has 1 saturated carbocycles. The Bertz CT molecular complexity index is 695. The lowest BCUT2D eigenvalue weighted by atomic mass is 9.89. The lowest BCUT2D eigenvalue weighted by Gasteiger charge is -2.21. The van der Waals surface area contributed by atoms with Crippen molar-refractivity contribution in [1.82, 2.24) is 9.78 Å². The summed E-state index contributed by atoms with van der Waals surface area (Å²) in [5.74, 6) is 1.06. The highest BCUT2D eigenvalue weighted by molar-refractivity contribution is 6.01. The molecule has 0 radical (unpaired) electrons. The molecule has 1 fully saturated rings. The maximum atomic E-state index is 11.9. The first kappa shape index (κ1) is 13.7. The Labute approximate surface area is 131 Å². The summed E-state index contributed by atoms with van der Waals surface area (Å²) in [6, 6.07) is 6.28. The van der Waals surface area contributed by atoms with Crippen molar-refractivity contribution in [3.05, 3.63) is 41.7 Å². The van der Waals surface area contributed by atoms with Gasteiger partial charge < -0.3 is 0 Å². The van der Waals surface area contributed by atoms with E-state index in [0.717, 1.165) is 35.6 Å². The van der Waals surface area contributed by atoms with E-state index in [2.05, 4.69) is 28.1 Å². The van der Waals surface area contributed by atoms with Crippen molar-refractivity contribution >= 4 is 5.78 Å². The molecule has 0 unspecified atom stereocenters. The number of ketones is 1. The summed E-state index contributed by atoms with van der Waals surface area (Å²) in [6.45, 7) is 1.03. The Morgan fingerprint density at radius 1 is 1.09 bits per heavy atom. The number of aryl methyl sites for hydroxylation is 1. The van der Waals surface area contributed by atoms with Gasteiger partial charge >= 0.3 is 0 Å². The van der Waals surface area contributed by atoms with Crippen molar-refractivity contribution in [1.29, 1.82) is 0 Å². The second kappa shape index (κ2) is 5.71. The van der Waals surface area contributed by atoms with Gasteiger partial charge in [-0.15, -0.1) is 0 Å². The first-order chi connectivity index (χ1) is 10.8. The van der Waals surface area contributed by atoms with E-state index in [1.807, 2.05) is 12.3 Å². The van der Waals surface area contributed by atoms with E-state index < -0.39 is 0 Å². The van der Waals surface area contributed by atoms with Gasteiger partial charge in [-0.05, 0) is 42.4 Å². The van der Waals surface area contributed by atoms with Crippen molar-refractivity contribution in [3.63, 3.8) is 0 Å². The largest absolute Gasteiger partial charge is 0.294 e. The van der Waals surface area contributed by atoms with Crippen LogP contribution in [-0.4, -0.2) is 15.6 Å². The second-order valence-corrected chi connectivity index (χ2v) is 6.75. The molecule has 114 valence electrons. The number of rotatable bonds is 3. The monoisotopic (exact) mass is 294 g/mol. The number of aromatic nitrogens is 2. The molecule has 3 heteroatoms. The number of hydrogen-bond donors (Lipinski definition) is 0. The zero-order chi connectivity index (χ0) is 14.9. The Morgan fingerprint density at radius 3 is 2.82 bits per heavy atom. The highest BCUT2D eigenvalue weighted by atomic mass is 16.1.